The molecular formula is C17H21N5O3. The molecule has 8 heteroatoms. The third kappa shape index (κ3) is 3.49. The quantitative estimate of drug-likeness (QED) is 0.729. The molecule has 2 aromatic heterocycles. The second kappa shape index (κ2) is 6.81. The van der Waals surface area contributed by atoms with E-state index >= 15 is 0 Å². The lowest BCUT2D eigenvalue weighted by molar-refractivity contribution is -0.135. The van der Waals surface area contributed by atoms with Gasteiger partial charge in [0, 0.05) is 43.9 Å². The molecule has 0 radical (unpaired) electrons. The van der Waals surface area contributed by atoms with Gasteiger partial charge >= 0.3 is 0 Å². The number of rotatable bonds is 3. The number of carbonyl (C=O) groups is 1. The highest BCUT2D eigenvalue weighted by Gasteiger charge is 2.26. The molecule has 0 aromatic carbocycles. The Morgan fingerprint density at radius 2 is 2.32 bits per heavy atom. The molecule has 1 amide bonds. The minimum absolute atomic E-state index is 0.0406. The van der Waals surface area contributed by atoms with Crippen LogP contribution >= 0.6 is 0 Å². The van der Waals surface area contributed by atoms with Crippen molar-refractivity contribution in [2.75, 3.05) is 26.2 Å². The Labute approximate surface area is 144 Å². The van der Waals surface area contributed by atoms with Crippen molar-refractivity contribution in [1.29, 1.82) is 0 Å². The summed E-state index contributed by atoms with van der Waals surface area (Å²) < 4.78 is 5.62. The first-order chi connectivity index (χ1) is 12.2. The first-order valence-corrected chi connectivity index (χ1v) is 8.56. The molecule has 2 aliphatic heterocycles. The van der Waals surface area contributed by atoms with Gasteiger partial charge in [-0.15, -0.1) is 0 Å². The molecule has 132 valence electrons. The molecule has 0 saturated carbocycles. The smallest absolute Gasteiger partial charge is 0.247 e. The number of aromatic nitrogens is 3. The zero-order chi connectivity index (χ0) is 17.2. The first kappa shape index (κ1) is 16.0. The Kier molecular flexibility index (Phi) is 4.37. The number of morpholine rings is 1. The van der Waals surface area contributed by atoms with Crippen molar-refractivity contribution >= 4 is 5.91 Å². The Morgan fingerprint density at radius 1 is 1.40 bits per heavy atom. The maximum atomic E-state index is 12.5. The molecule has 1 fully saturated rings. The fourth-order valence-electron chi connectivity index (χ4n) is 3.28. The van der Waals surface area contributed by atoms with Gasteiger partial charge in [-0.3, -0.25) is 9.59 Å². The second-order valence-corrected chi connectivity index (χ2v) is 6.42. The highest BCUT2D eigenvalue weighted by atomic mass is 16.5. The SMILES string of the molecule is O=C(C[C@@H]1CNCCO1)N1CCc2nc(-c3ccc(=O)[nH]c3)[nH]c2C1. The van der Waals surface area contributed by atoms with Gasteiger partial charge in [0.1, 0.15) is 5.82 Å². The van der Waals surface area contributed by atoms with Gasteiger partial charge in [0.25, 0.3) is 0 Å². The lowest BCUT2D eigenvalue weighted by Crippen LogP contribution is -2.43. The molecule has 2 aliphatic rings. The number of fused-ring (bicyclic) bond motifs is 1. The molecule has 3 N–H and O–H groups in total. The van der Waals surface area contributed by atoms with Crippen LogP contribution < -0.4 is 10.9 Å². The largest absolute Gasteiger partial charge is 0.375 e. The van der Waals surface area contributed by atoms with Crippen LogP contribution in [0.4, 0.5) is 0 Å². The highest BCUT2D eigenvalue weighted by Crippen LogP contribution is 2.22. The zero-order valence-electron chi connectivity index (χ0n) is 13.9. The summed E-state index contributed by atoms with van der Waals surface area (Å²) in [6.07, 6.45) is 2.73. The van der Waals surface area contributed by atoms with Crippen molar-refractivity contribution in [1.82, 2.24) is 25.2 Å². The van der Waals surface area contributed by atoms with Crippen LogP contribution in [0.5, 0.6) is 0 Å². The number of hydrogen-bond donors (Lipinski definition) is 3. The number of H-pyrrole nitrogens is 2. The van der Waals surface area contributed by atoms with Gasteiger partial charge in [0.05, 0.1) is 37.1 Å². The Balaban J connectivity index is 1.44. The molecule has 1 saturated heterocycles. The number of amides is 1. The number of carbonyl (C=O) groups excluding carboxylic acids is 1. The first-order valence-electron chi connectivity index (χ1n) is 8.56. The molecule has 4 heterocycles. The van der Waals surface area contributed by atoms with Crippen molar-refractivity contribution in [3.05, 3.63) is 40.1 Å². The molecule has 2 aromatic rings. The molecule has 8 nitrogen and oxygen atoms in total. The third-order valence-electron chi connectivity index (χ3n) is 4.65. The van der Waals surface area contributed by atoms with Gasteiger partial charge in [0.2, 0.25) is 11.5 Å². The predicted octanol–water partition coefficient (Wildman–Crippen LogP) is 0.0282. The molecular weight excluding hydrogens is 322 g/mol. The summed E-state index contributed by atoms with van der Waals surface area (Å²) in [5, 5.41) is 3.25. The van der Waals surface area contributed by atoms with E-state index < -0.39 is 0 Å². The Morgan fingerprint density at radius 3 is 3.08 bits per heavy atom. The second-order valence-electron chi connectivity index (χ2n) is 6.42. The third-order valence-corrected chi connectivity index (χ3v) is 4.65. The van der Waals surface area contributed by atoms with E-state index in [1.54, 1.807) is 12.3 Å². The standard InChI is InChI=1S/C17H21N5O3/c23-15-2-1-11(8-19-15)17-20-13-3-5-22(10-14(13)21-17)16(24)7-12-9-18-4-6-25-12/h1-2,8,12,18H,3-7,9-10H2,(H,19,23)(H,20,21)/t12-/m1/s1. The van der Waals surface area contributed by atoms with Crippen molar-refractivity contribution in [2.24, 2.45) is 0 Å². The van der Waals surface area contributed by atoms with Gasteiger partial charge in [-0.2, -0.15) is 0 Å². The number of hydrogen-bond acceptors (Lipinski definition) is 5. The van der Waals surface area contributed by atoms with Crippen molar-refractivity contribution in [3.8, 4) is 11.4 Å². The van der Waals surface area contributed by atoms with Crippen LogP contribution in [-0.2, 0) is 22.5 Å². The molecule has 1 atom stereocenters. The van der Waals surface area contributed by atoms with E-state index in [1.807, 2.05) is 4.90 Å². The summed E-state index contributed by atoms with van der Waals surface area (Å²) in [6, 6.07) is 3.21. The van der Waals surface area contributed by atoms with Gasteiger partial charge in [0.15, 0.2) is 0 Å². The van der Waals surface area contributed by atoms with Gasteiger partial charge in [-0.05, 0) is 6.07 Å². The van der Waals surface area contributed by atoms with Crippen LogP contribution in [-0.4, -0.2) is 58.1 Å². The molecule has 0 spiro atoms. The van der Waals surface area contributed by atoms with Crippen molar-refractivity contribution in [3.63, 3.8) is 0 Å². The van der Waals surface area contributed by atoms with E-state index in [2.05, 4.69) is 20.3 Å². The average Bonchev–Trinajstić information content (AvgIpc) is 3.06. The van der Waals surface area contributed by atoms with Crippen LogP contribution in [0.1, 0.15) is 17.8 Å². The van der Waals surface area contributed by atoms with Crippen LogP contribution in [0.2, 0.25) is 0 Å². The number of nitrogens with zero attached hydrogens (tertiary/aromatic N) is 2. The van der Waals surface area contributed by atoms with Gasteiger partial charge < -0.3 is 24.9 Å². The average molecular weight is 343 g/mol. The molecule has 4 rings (SSSR count). The topological polar surface area (TPSA) is 103 Å². The van der Waals surface area contributed by atoms with Crippen LogP contribution in [0.3, 0.4) is 0 Å². The predicted molar refractivity (Wildman–Crippen MR) is 91.0 cm³/mol. The summed E-state index contributed by atoms with van der Waals surface area (Å²) in [7, 11) is 0. The number of imidazole rings is 1. The Hall–Kier alpha value is -2.45. The number of nitrogens with one attached hydrogen (secondary N) is 3. The van der Waals surface area contributed by atoms with Crippen molar-refractivity contribution in [2.45, 2.75) is 25.5 Å². The number of ether oxygens (including phenoxy) is 1. The maximum Gasteiger partial charge on any atom is 0.247 e. The molecule has 0 bridgehead atoms. The highest BCUT2D eigenvalue weighted by molar-refractivity contribution is 5.77. The Bertz CT molecular complexity index is 801. The van der Waals surface area contributed by atoms with Crippen LogP contribution in [0, 0.1) is 0 Å². The van der Waals surface area contributed by atoms with Gasteiger partial charge in [-0.1, -0.05) is 0 Å². The van der Waals surface area contributed by atoms with E-state index in [0.29, 0.717) is 26.1 Å². The summed E-state index contributed by atoms with van der Waals surface area (Å²) >= 11 is 0. The normalized spacial score (nSPS) is 20.3. The fourth-order valence-corrected chi connectivity index (χ4v) is 3.28. The summed E-state index contributed by atoms with van der Waals surface area (Å²) in [4.78, 5) is 36.1. The van der Waals surface area contributed by atoms with Gasteiger partial charge in [-0.25, -0.2) is 4.98 Å². The summed E-state index contributed by atoms with van der Waals surface area (Å²) in [5.41, 5.74) is 2.63. The summed E-state index contributed by atoms with van der Waals surface area (Å²) in [5.74, 6) is 0.829. The van der Waals surface area contributed by atoms with Crippen molar-refractivity contribution < 1.29 is 9.53 Å². The van der Waals surface area contributed by atoms with Crippen LogP contribution in [0.15, 0.2) is 23.1 Å². The van der Waals surface area contributed by atoms with E-state index in [9.17, 15) is 9.59 Å². The minimum Gasteiger partial charge on any atom is -0.375 e. The number of pyridine rings is 1. The molecule has 0 aliphatic carbocycles. The molecule has 25 heavy (non-hydrogen) atoms. The summed E-state index contributed by atoms with van der Waals surface area (Å²) in [6.45, 7) is 3.43. The van der Waals surface area contributed by atoms with E-state index in [0.717, 1.165) is 42.3 Å². The lowest BCUT2D eigenvalue weighted by Gasteiger charge is -2.29. The molecule has 0 unspecified atom stereocenters. The lowest BCUT2D eigenvalue weighted by atomic mass is 10.1. The monoisotopic (exact) mass is 343 g/mol. The fraction of sp³-hybridized carbons (Fsp3) is 0.471. The zero-order valence-corrected chi connectivity index (χ0v) is 13.9. The maximum absolute atomic E-state index is 12.5. The van der Waals surface area contributed by atoms with E-state index in [4.69, 9.17) is 4.74 Å². The van der Waals surface area contributed by atoms with E-state index in [1.165, 1.54) is 6.07 Å². The van der Waals surface area contributed by atoms with E-state index in [-0.39, 0.29) is 17.6 Å². The minimum atomic E-state index is -0.142. The van der Waals surface area contributed by atoms with Crippen LogP contribution in [0.25, 0.3) is 11.4 Å². The number of aromatic amines is 2.